The Morgan fingerprint density at radius 2 is 1.96 bits per heavy atom. The number of benzene rings is 1. The van der Waals surface area contributed by atoms with E-state index in [1.165, 1.54) is 6.07 Å². The van der Waals surface area contributed by atoms with Crippen LogP contribution in [-0.4, -0.2) is 15.0 Å². The zero-order valence-corrected chi connectivity index (χ0v) is 12.8. The van der Waals surface area contributed by atoms with Gasteiger partial charge >= 0.3 is 5.69 Å². The molecule has 0 amide bonds. The highest BCUT2D eigenvalue weighted by molar-refractivity contribution is 6.36. The number of aromatic amines is 2. The quantitative estimate of drug-likeness (QED) is 0.620. The van der Waals surface area contributed by atoms with Crippen molar-refractivity contribution in [1.82, 2.24) is 15.0 Å². The molecule has 0 aliphatic rings. The summed E-state index contributed by atoms with van der Waals surface area (Å²) in [6.07, 6.45) is 0. The Kier molecular flexibility index (Phi) is 3.56. The van der Waals surface area contributed by atoms with Crippen LogP contribution in [0.25, 0.3) is 22.2 Å². The lowest BCUT2D eigenvalue weighted by molar-refractivity contribution is 1.06. The highest BCUT2D eigenvalue weighted by atomic mass is 35.5. The summed E-state index contributed by atoms with van der Waals surface area (Å²) in [4.78, 5) is 32.0. The molecule has 0 fully saturated rings. The molecule has 114 valence electrons. The average Bonchev–Trinajstić information content (AvgIpc) is 2.45. The monoisotopic (exact) mass is 347 g/mol. The molecule has 2 heterocycles. The molecule has 3 aromatic rings. The Morgan fingerprint density at radius 3 is 2.61 bits per heavy atom. The SMILES string of the molecule is N#Cc1c(N)nc2[nH]c(=O)[nH]c(=O)c2c1-c1ccc(Cl)cc1Cl. The van der Waals surface area contributed by atoms with Crippen molar-refractivity contribution >= 4 is 40.1 Å². The van der Waals surface area contributed by atoms with Crippen molar-refractivity contribution < 1.29 is 0 Å². The van der Waals surface area contributed by atoms with Gasteiger partial charge in [0.15, 0.2) is 0 Å². The van der Waals surface area contributed by atoms with Crippen LogP contribution in [0.5, 0.6) is 0 Å². The maximum absolute atomic E-state index is 12.2. The van der Waals surface area contributed by atoms with Crippen molar-refractivity contribution in [3.05, 3.63) is 54.6 Å². The highest BCUT2D eigenvalue weighted by Crippen LogP contribution is 2.36. The number of rotatable bonds is 1. The van der Waals surface area contributed by atoms with Gasteiger partial charge in [-0.15, -0.1) is 0 Å². The maximum atomic E-state index is 12.2. The molecular formula is C14H7Cl2N5O2. The van der Waals surface area contributed by atoms with Crippen molar-refractivity contribution in [2.75, 3.05) is 5.73 Å². The molecule has 9 heteroatoms. The minimum atomic E-state index is -0.729. The minimum absolute atomic E-state index is 0.0135. The smallest absolute Gasteiger partial charge is 0.327 e. The van der Waals surface area contributed by atoms with Crippen LogP contribution >= 0.6 is 23.2 Å². The number of aromatic nitrogens is 3. The molecule has 0 saturated carbocycles. The molecule has 0 aliphatic carbocycles. The summed E-state index contributed by atoms with van der Waals surface area (Å²) in [5.74, 6) is -0.123. The number of nitrogens with two attached hydrogens (primary N) is 1. The van der Waals surface area contributed by atoms with Crippen molar-refractivity contribution in [2.24, 2.45) is 0 Å². The summed E-state index contributed by atoms with van der Waals surface area (Å²) in [6, 6.07) is 6.51. The van der Waals surface area contributed by atoms with E-state index in [9.17, 15) is 14.9 Å². The fourth-order valence-electron chi connectivity index (χ4n) is 2.29. The number of hydrogen-bond donors (Lipinski definition) is 3. The van der Waals surface area contributed by atoms with E-state index in [1.54, 1.807) is 12.1 Å². The van der Waals surface area contributed by atoms with E-state index < -0.39 is 11.2 Å². The highest BCUT2D eigenvalue weighted by Gasteiger charge is 2.20. The number of nitrogens with zero attached hydrogens (tertiary/aromatic N) is 2. The molecule has 0 spiro atoms. The van der Waals surface area contributed by atoms with Gasteiger partial charge in [-0.2, -0.15) is 5.26 Å². The number of halogens is 2. The number of nitrogen functional groups attached to an aromatic ring is 1. The van der Waals surface area contributed by atoms with Crippen LogP contribution in [-0.2, 0) is 0 Å². The van der Waals surface area contributed by atoms with Crippen molar-refractivity contribution in [3.63, 3.8) is 0 Å². The summed E-state index contributed by atoms with van der Waals surface area (Å²) < 4.78 is 0. The molecule has 4 N–H and O–H groups in total. The predicted molar refractivity (Wildman–Crippen MR) is 87.6 cm³/mol. The zero-order chi connectivity index (χ0) is 16.7. The lowest BCUT2D eigenvalue weighted by atomic mass is 9.98. The first-order valence-electron chi connectivity index (χ1n) is 6.23. The van der Waals surface area contributed by atoms with E-state index >= 15 is 0 Å². The van der Waals surface area contributed by atoms with Gasteiger partial charge in [0.25, 0.3) is 5.56 Å². The number of H-pyrrole nitrogens is 2. The Balaban J connectivity index is 2.60. The molecule has 0 saturated heterocycles. The van der Waals surface area contributed by atoms with Crippen LogP contribution in [0.4, 0.5) is 5.82 Å². The standard InChI is InChI=1S/C14H7Cl2N5O2/c15-5-1-2-6(8(16)3-5)9-7(4-17)11(18)19-12-10(9)13(22)21-14(23)20-12/h1-3H,(H4,18,19,20,21,22,23). The molecule has 0 atom stereocenters. The third-order valence-corrected chi connectivity index (χ3v) is 3.77. The Labute approximate surface area is 138 Å². The summed E-state index contributed by atoms with van der Waals surface area (Å²) in [5, 5.41) is 10.0. The number of fused-ring (bicyclic) bond motifs is 1. The van der Waals surface area contributed by atoms with Crippen LogP contribution in [0.3, 0.4) is 0 Å². The number of hydrogen-bond acceptors (Lipinski definition) is 5. The van der Waals surface area contributed by atoms with Gasteiger partial charge in [0, 0.05) is 21.2 Å². The molecular weight excluding hydrogens is 341 g/mol. The first-order valence-corrected chi connectivity index (χ1v) is 6.99. The summed E-state index contributed by atoms with van der Waals surface area (Å²) in [7, 11) is 0. The van der Waals surface area contributed by atoms with Crippen molar-refractivity contribution in [2.45, 2.75) is 0 Å². The Bertz CT molecular complexity index is 1110. The van der Waals surface area contributed by atoms with Gasteiger partial charge in [-0.25, -0.2) is 9.78 Å². The summed E-state index contributed by atoms with van der Waals surface area (Å²) in [6.45, 7) is 0. The molecule has 23 heavy (non-hydrogen) atoms. The van der Waals surface area contributed by atoms with Crippen LogP contribution in [0.2, 0.25) is 10.0 Å². The number of nitrogens with one attached hydrogen (secondary N) is 2. The number of anilines is 1. The van der Waals surface area contributed by atoms with Crippen LogP contribution in [0, 0.1) is 11.3 Å². The van der Waals surface area contributed by atoms with E-state index in [4.69, 9.17) is 28.9 Å². The fraction of sp³-hybridized carbons (Fsp3) is 0. The van der Waals surface area contributed by atoms with Gasteiger partial charge in [-0.05, 0) is 12.1 Å². The van der Waals surface area contributed by atoms with E-state index in [2.05, 4.69) is 15.0 Å². The second kappa shape index (κ2) is 5.43. The molecule has 0 unspecified atom stereocenters. The second-order valence-corrected chi connectivity index (χ2v) is 5.46. The lowest BCUT2D eigenvalue weighted by Crippen LogP contribution is -2.23. The zero-order valence-electron chi connectivity index (χ0n) is 11.3. The van der Waals surface area contributed by atoms with E-state index in [-0.39, 0.29) is 33.0 Å². The van der Waals surface area contributed by atoms with Crippen LogP contribution < -0.4 is 17.0 Å². The minimum Gasteiger partial charge on any atom is -0.383 e. The van der Waals surface area contributed by atoms with Crippen LogP contribution in [0.15, 0.2) is 27.8 Å². The molecule has 7 nitrogen and oxygen atoms in total. The van der Waals surface area contributed by atoms with Gasteiger partial charge in [0.2, 0.25) is 0 Å². The fourth-order valence-corrected chi connectivity index (χ4v) is 2.80. The lowest BCUT2D eigenvalue weighted by Gasteiger charge is -2.11. The summed E-state index contributed by atoms with van der Waals surface area (Å²) >= 11 is 12.1. The Morgan fingerprint density at radius 1 is 1.22 bits per heavy atom. The molecule has 0 radical (unpaired) electrons. The molecule has 0 aliphatic heterocycles. The normalized spacial score (nSPS) is 10.7. The second-order valence-electron chi connectivity index (χ2n) is 4.61. The first-order chi connectivity index (χ1) is 10.9. The van der Waals surface area contributed by atoms with Gasteiger partial charge in [-0.3, -0.25) is 14.8 Å². The topological polar surface area (TPSA) is 128 Å². The number of nitriles is 1. The Hall–Kier alpha value is -2.82. The third-order valence-electron chi connectivity index (χ3n) is 3.22. The third kappa shape index (κ3) is 2.44. The van der Waals surface area contributed by atoms with Gasteiger partial charge < -0.3 is 5.73 Å². The van der Waals surface area contributed by atoms with Gasteiger partial charge in [-0.1, -0.05) is 29.3 Å². The number of pyridine rings is 1. The summed E-state index contributed by atoms with van der Waals surface area (Å²) in [5.41, 5.74) is 4.87. The molecule has 2 aromatic heterocycles. The van der Waals surface area contributed by atoms with E-state index in [0.29, 0.717) is 10.6 Å². The maximum Gasteiger partial charge on any atom is 0.327 e. The average molecular weight is 348 g/mol. The van der Waals surface area contributed by atoms with Crippen LogP contribution in [0.1, 0.15) is 5.56 Å². The van der Waals surface area contributed by atoms with E-state index in [1.807, 2.05) is 6.07 Å². The van der Waals surface area contributed by atoms with E-state index in [0.717, 1.165) is 0 Å². The van der Waals surface area contributed by atoms with Gasteiger partial charge in [0.05, 0.1) is 5.39 Å². The predicted octanol–water partition coefficient (Wildman–Crippen LogP) is 2.04. The molecule has 0 bridgehead atoms. The van der Waals surface area contributed by atoms with Crippen molar-refractivity contribution in [1.29, 1.82) is 5.26 Å². The largest absolute Gasteiger partial charge is 0.383 e. The van der Waals surface area contributed by atoms with Crippen molar-refractivity contribution in [3.8, 4) is 17.2 Å². The molecule has 3 rings (SSSR count). The van der Waals surface area contributed by atoms with Gasteiger partial charge in [0.1, 0.15) is 23.1 Å². The molecule has 1 aromatic carbocycles. The first kappa shape index (κ1) is 15.1.